The minimum absolute atomic E-state index is 0.0289. The van der Waals surface area contributed by atoms with Crippen LogP contribution in [0.15, 0.2) is 58.3 Å². The van der Waals surface area contributed by atoms with E-state index in [1.807, 2.05) is 30.3 Å². The van der Waals surface area contributed by atoms with Gasteiger partial charge in [-0.2, -0.15) is 0 Å². The standard InChI is InChI=1S/C24H24N4O2S/c1-17-6-8-19(9-7-17)27-12-10-26(11-13-27)16-28-23(29)22(31-24(28)30)14-18-15-25-21-5-3-2-4-20(18)21/h2-9,14-15,29H,10-13,16H2,1H3. The summed E-state index contributed by atoms with van der Waals surface area (Å²) in [6.45, 7) is 5.96. The molecule has 1 saturated heterocycles. The van der Waals surface area contributed by atoms with Crippen molar-refractivity contribution in [1.29, 1.82) is 0 Å². The predicted octanol–water partition coefficient (Wildman–Crippen LogP) is 3.96. The van der Waals surface area contributed by atoms with Gasteiger partial charge in [-0.05, 0) is 31.2 Å². The molecule has 0 unspecified atom stereocenters. The maximum atomic E-state index is 12.6. The van der Waals surface area contributed by atoms with Gasteiger partial charge < -0.3 is 10.0 Å². The molecule has 0 atom stereocenters. The third kappa shape index (κ3) is 3.94. The zero-order valence-corrected chi connectivity index (χ0v) is 18.2. The predicted molar refractivity (Wildman–Crippen MR) is 128 cm³/mol. The Balaban J connectivity index is 1.29. The number of aliphatic imine (C=N–C) groups is 1. The van der Waals surface area contributed by atoms with E-state index >= 15 is 0 Å². The van der Waals surface area contributed by atoms with Crippen LogP contribution in [0.25, 0.3) is 11.6 Å². The van der Waals surface area contributed by atoms with Crippen LogP contribution in [0.1, 0.15) is 16.0 Å². The molecule has 1 aromatic heterocycles. The quantitative estimate of drug-likeness (QED) is 0.678. The van der Waals surface area contributed by atoms with Gasteiger partial charge in [0.25, 0.3) is 0 Å². The largest absolute Gasteiger partial charge is 0.493 e. The van der Waals surface area contributed by atoms with Gasteiger partial charge in [-0.3, -0.25) is 19.3 Å². The van der Waals surface area contributed by atoms with E-state index in [2.05, 4.69) is 46.0 Å². The molecule has 1 N–H and O–H groups in total. The summed E-state index contributed by atoms with van der Waals surface area (Å²) in [5, 5.41) is 10.8. The lowest BCUT2D eigenvalue weighted by molar-refractivity contribution is 0.194. The van der Waals surface area contributed by atoms with Crippen molar-refractivity contribution >= 4 is 40.6 Å². The van der Waals surface area contributed by atoms with Crippen molar-refractivity contribution in [3.8, 4) is 5.88 Å². The molecule has 1 fully saturated rings. The van der Waals surface area contributed by atoms with Crippen molar-refractivity contribution in [1.82, 2.24) is 9.47 Å². The van der Waals surface area contributed by atoms with Crippen molar-refractivity contribution in [2.45, 2.75) is 13.6 Å². The van der Waals surface area contributed by atoms with Gasteiger partial charge in [-0.1, -0.05) is 47.2 Å². The molecule has 2 aliphatic rings. The Labute approximate surface area is 185 Å². The second kappa shape index (κ2) is 8.17. The molecule has 2 aliphatic heterocycles. The third-order valence-electron chi connectivity index (χ3n) is 5.85. The number of hydrogen-bond donors (Lipinski definition) is 1. The summed E-state index contributed by atoms with van der Waals surface area (Å²) in [7, 11) is 0. The molecule has 7 heteroatoms. The summed E-state index contributed by atoms with van der Waals surface area (Å²) in [4.78, 5) is 22.0. The summed E-state index contributed by atoms with van der Waals surface area (Å²) in [5.41, 5.74) is 5.32. The van der Waals surface area contributed by atoms with Gasteiger partial charge in [0.2, 0.25) is 5.88 Å². The monoisotopic (exact) mass is 432 g/mol. The van der Waals surface area contributed by atoms with E-state index in [0.29, 0.717) is 11.5 Å². The number of fused-ring (bicyclic) bond motifs is 1. The molecule has 0 bridgehead atoms. The second-order valence-corrected chi connectivity index (χ2v) is 8.93. The summed E-state index contributed by atoms with van der Waals surface area (Å²) >= 11 is 1.07. The third-order valence-corrected chi connectivity index (χ3v) is 6.77. The number of allylic oxidation sites excluding steroid dienone is 1. The molecule has 3 aromatic rings. The number of aryl methyl sites for hydroxylation is 1. The molecule has 31 heavy (non-hydrogen) atoms. The van der Waals surface area contributed by atoms with Crippen LogP contribution in [0.5, 0.6) is 5.88 Å². The Morgan fingerprint density at radius 1 is 1.06 bits per heavy atom. The number of piperazine rings is 1. The molecule has 3 heterocycles. The Hall–Kier alpha value is -3.16. The Morgan fingerprint density at radius 2 is 1.81 bits per heavy atom. The van der Waals surface area contributed by atoms with Gasteiger partial charge in [0.1, 0.15) is 0 Å². The van der Waals surface area contributed by atoms with E-state index in [1.54, 1.807) is 6.21 Å². The van der Waals surface area contributed by atoms with Crippen LogP contribution in [-0.2, 0) is 6.67 Å². The molecular formula is C24H24N4O2S. The number of para-hydroxylation sites is 1. The van der Waals surface area contributed by atoms with Gasteiger partial charge in [0.05, 0.1) is 17.2 Å². The van der Waals surface area contributed by atoms with Gasteiger partial charge in [-0.15, -0.1) is 0 Å². The normalized spacial score (nSPS) is 17.5. The van der Waals surface area contributed by atoms with E-state index in [9.17, 15) is 9.90 Å². The summed E-state index contributed by atoms with van der Waals surface area (Å²) in [6, 6.07) is 16.4. The highest BCUT2D eigenvalue weighted by Gasteiger charge is 2.21. The number of rotatable bonds is 4. The highest BCUT2D eigenvalue weighted by molar-refractivity contribution is 7.10. The number of benzene rings is 2. The first-order valence-corrected chi connectivity index (χ1v) is 11.2. The Bertz CT molecular complexity index is 1220. The fraction of sp³-hybridized carbons (Fsp3) is 0.250. The number of aromatic nitrogens is 1. The zero-order chi connectivity index (χ0) is 21.4. The molecule has 0 aliphatic carbocycles. The van der Waals surface area contributed by atoms with Crippen molar-refractivity contribution in [3.63, 3.8) is 0 Å². The molecule has 0 radical (unpaired) electrons. The van der Waals surface area contributed by atoms with Crippen molar-refractivity contribution < 1.29 is 5.11 Å². The summed E-state index contributed by atoms with van der Waals surface area (Å²) in [6.07, 6.45) is 3.63. The highest BCUT2D eigenvalue weighted by atomic mass is 32.1. The topological polar surface area (TPSA) is 61.1 Å². The molecule has 5 rings (SSSR count). The SMILES string of the molecule is Cc1ccc(N2CCN(Cn3c(O)c(C=C4C=Nc5ccccc54)sc3=O)CC2)cc1. The maximum absolute atomic E-state index is 12.6. The molecule has 0 amide bonds. The smallest absolute Gasteiger partial charge is 0.311 e. The van der Waals surface area contributed by atoms with E-state index < -0.39 is 0 Å². The fourth-order valence-corrected chi connectivity index (χ4v) is 4.86. The number of hydrogen-bond acceptors (Lipinski definition) is 6. The first-order valence-electron chi connectivity index (χ1n) is 10.4. The number of nitrogens with zero attached hydrogens (tertiary/aromatic N) is 4. The van der Waals surface area contributed by atoms with E-state index in [-0.39, 0.29) is 10.8 Å². The van der Waals surface area contributed by atoms with Crippen LogP contribution in [-0.4, -0.2) is 47.0 Å². The first-order chi connectivity index (χ1) is 15.1. The number of thiazole rings is 1. The average molecular weight is 433 g/mol. The van der Waals surface area contributed by atoms with Gasteiger partial charge >= 0.3 is 4.87 Å². The van der Waals surface area contributed by atoms with Crippen molar-refractivity contribution in [2.75, 3.05) is 31.1 Å². The van der Waals surface area contributed by atoms with E-state index in [1.165, 1.54) is 15.8 Å². The van der Waals surface area contributed by atoms with E-state index in [0.717, 1.165) is 54.3 Å². The lowest BCUT2D eigenvalue weighted by Gasteiger charge is -2.36. The summed E-state index contributed by atoms with van der Waals surface area (Å²) < 4.78 is 1.47. The van der Waals surface area contributed by atoms with Crippen LogP contribution >= 0.6 is 11.3 Å². The fourth-order valence-electron chi connectivity index (χ4n) is 4.03. The zero-order valence-electron chi connectivity index (χ0n) is 17.4. The van der Waals surface area contributed by atoms with Gasteiger partial charge in [0, 0.05) is 49.2 Å². The molecule has 0 spiro atoms. The molecular weight excluding hydrogens is 408 g/mol. The van der Waals surface area contributed by atoms with Gasteiger partial charge in [-0.25, -0.2) is 0 Å². The molecule has 2 aromatic carbocycles. The summed E-state index contributed by atoms with van der Waals surface area (Å²) in [5.74, 6) is 0.0289. The minimum Gasteiger partial charge on any atom is -0.493 e. The molecule has 0 saturated carbocycles. The second-order valence-electron chi connectivity index (χ2n) is 7.94. The Kier molecular flexibility index (Phi) is 5.21. The number of aromatic hydroxyl groups is 1. The number of anilines is 1. The average Bonchev–Trinajstić information content (AvgIpc) is 3.31. The van der Waals surface area contributed by atoms with Gasteiger partial charge in [0.15, 0.2) is 0 Å². The van der Waals surface area contributed by atoms with Crippen molar-refractivity contribution in [3.05, 3.63) is 74.2 Å². The molecule has 158 valence electrons. The molecule has 6 nitrogen and oxygen atoms in total. The van der Waals surface area contributed by atoms with Crippen LogP contribution < -0.4 is 9.77 Å². The lowest BCUT2D eigenvalue weighted by atomic mass is 10.1. The first kappa shape index (κ1) is 19.8. The maximum Gasteiger partial charge on any atom is 0.311 e. The van der Waals surface area contributed by atoms with E-state index in [4.69, 9.17) is 0 Å². The van der Waals surface area contributed by atoms with Crippen molar-refractivity contribution in [2.24, 2.45) is 4.99 Å². The van der Waals surface area contributed by atoms with Crippen LogP contribution in [0.3, 0.4) is 0 Å². The highest BCUT2D eigenvalue weighted by Crippen LogP contribution is 2.34. The van der Waals surface area contributed by atoms with Crippen LogP contribution in [0.4, 0.5) is 11.4 Å². The van der Waals surface area contributed by atoms with Crippen LogP contribution in [0.2, 0.25) is 0 Å². The minimum atomic E-state index is -0.145. The van der Waals surface area contributed by atoms with Crippen LogP contribution in [0, 0.1) is 6.92 Å². The Morgan fingerprint density at radius 3 is 2.58 bits per heavy atom. The lowest BCUT2D eigenvalue weighted by Crippen LogP contribution is -2.47.